The summed E-state index contributed by atoms with van der Waals surface area (Å²) in [5.41, 5.74) is 0. The molecule has 4 nitrogen and oxygen atoms in total. The number of amides is 1. The van der Waals surface area contributed by atoms with Gasteiger partial charge in [-0.25, -0.2) is 0 Å². The lowest BCUT2D eigenvalue weighted by Crippen LogP contribution is -2.50. The van der Waals surface area contributed by atoms with Crippen molar-refractivity contribution in [3.63, 3.8) is 0 Å². The van der Waals surface area contributed by atoms with E-state index in [2.05, 4.69) is 13.8 Å². The lowest BCUT2D eigenvalue weighted by atomic mass is 9.92. The molecule has 1 heterocycles. The first-order chi connectivity index (χ1) is 7.93. The summed E-state index contributed by atoms with van der Waals surface area (Å²) in [7, 11) is 0. The molecular formula is C13H23NO3. The molecule has 0 aromatic rings. The van der Waals surface area contributed by atoms with Crippen LogP contribution in [0.15, 0.2) is 0 Å². The normalized spacial score (nSPS) is 22.4. The third kappa shape index (κ3) is 3.72. The topological polar surface area (TPSA) is 46.6 Å². The van der Waals surface area contributed by atoms with E-state index in [0.29, 0.717) is 5.92 Å². The number of ether oxygens (including phenoxy) is 1. The van der Waals surface area contributed by atoms with E-state index in [1.54, 1.807) is 6.92 Å². The van der Waals surface area contributed by atoms with Gasteiger partial charge in [0.25, 0.3) is 5.91 Å². The van der Waals surface area contributed by atoms with Crippen molar-refractivity contribution >= 4 is 11.9 Å². The second-order valence-electron chi connectivity index (χ2n) is 5.09. The van der Waals surface area contributed by atoms with Crippen molar-refractivity contribution in [1.82, 2.24) is 4.90 Å². The molecule has 0 aromatic carbocycles. The molecule has 1 aliphatic heterocycles. The van der Waals surface area contributed by atoms with Crippen molar-refractivity contribution in [1.29, 1.82) is 0 Å². The monoisotopic (exact) mass is 241 g/mol. The van der Waals surface area contributed by atoms with Crippen LogP contribution in [0.25, 0.3) is 0 Å². The summed E-state index contributed by atoms with van der Waals surface area (Å²) in [5, 5.41) is 0. The van der Waals surface area contributed by atoms with Crippen molar-refractivity contribution in [2.45, 2.75) is 59.1 Å². The number of hydrogen-bond acceptors (Lipinski definition) is 3. The van der Waals surface area contributed by atoms with E-state index in [0.717, 1.165) is 19.4 Å². The molecule has 0 aromatic heterocycles. The van der Waals surface area contributed by atoms with Gasteiger partial charge in [-0.3, -0.25) is 9.59 Å². The summed E-state index contributed by atoms with van der Waals surface area (Å²) in [6.07, 6.45) is 2.61. The molecule has 4 heteroatoms. The zero-order valence-electron chi connectivity index (χ0n) is 11.2. The molecule has 1 saturated heterocycles. The molecule has 0 radical (unpaired) electrons. The van der Waals surface area contributed by atoms with Gasteiger partial charge in [0.15, 0.2) is 6.10 Å². The van der Waals surface area contributed by atoms with Crippen LogP contribution in [-0.4, -0.2) is 35.5 Å². The van der Waals surface area contributed by atoms with Gasteiger partial charge in [0.2, 0.25) is 0 Å². The number of likely N-dealkylation sites (tertiary alicyclic amines) is 1. The minimum Gasteiger partial charge on any atom is -0.453 e. The van der Waals surface area contributed by atoms with Crippen molar-refractivity contribution in [3.8, 4) is 0 Å². The highest BCUT2D eigenvalue weighted by Crippen LogP contribution is 2.24. The average Bonchev–Trinajstić information content (AvgIpc) is 2.27. The third-order valence-electron chi connectivity index (χ3n) is 3.29. The van der Waals surface area contributed by atoms with E-state index in [-0.39, 0.29) is 11.9 Å². The molecular weight excluding hydrogens is 218 g/mol. The van der Waals surface area contributed by atoms with Gasteiger partial charge >= 0.3 is 5.97 Å². The Bertz CT molecular complexity index is 288. The fraction of sp³-hybridized carbons (Fsp3) is 0.846. The summed E-state index contributed by atoms with van der Waals surface area (Å²) in [4.78, 5) is 25.0. The van der Waals surface area contributed by atoms with E-state index in [1.165, 1.54) is 13.3 Å². The fourth-order valence-electron chi connectivity index (χ4n) is 2.46. The Morgan fingerprint density at radius 1 is 1.24 bits per heavy atom. The molecule has 0 bridgehead atoms. The summed E-state index contributed by atoms with van der Waals surface area (Å²) in [5.74, 6) is -0.00802. The van der Waals surface area contributed by atoms with Crippen LogP contribution in [0.4, 0.5) is 0 Å². The Kier molecular flexibility index (Phi) is 4.97. The van der Waals surface area contributed by atoms with Crippen LogP contribution in [0, 0.1) is 5.92 Å². The first-order valence-electron chi connectivity index (χ1n) is 6.41. The minimum atomic E-state index is -0.660. The molecule has 1 amide bonds. The van der Waals surface area contributed by atoms with Gasteiger partial charge in [0, 0.05) is 19.5 Å². The summed E-state index contributed by atoms with van der Waals surface area (Å²) < 4.78 is 4.96. The zero-order valence-corrected chi connectivity index (χ0v) is 11.2. The number of carbonyl (C=O) groups excluding carboxylic acids is 2. The lowest BCUT2D eigenvalue weighted by molar-refractivity contribution is -0.159. The lowest BCUT2D eigenvalue weighted by Gasteiger charge is -2.39. The summed E-state index contributed by atoms with van der Waals surface area (Å²) in [6.45, 7) is 8.03. The van der Waals surface area contributed by atoms with Gasteiger partial charge in [-0.1, -0.05) is 13.8 Å². The van der Waals surface area contributed by atoms with Crippen LogP contribution in [0.5, 0.6) is 0 Å². The summed E-state index contributed by atoms with van der Waals surface area (Å²) in [6, 6.07) is 0.286. The number of piperidine rings is 1. The van der Waals surface area contributed by atoms with Gasteiger partial charge in [-0.2, -0.15) is 0 Å². The van der Waals surface area contributed by atoms with Crippen LogP contribution in [0.1, 0.15) is 47.0 Å². The molecule has 0 saturated carbocycles. The van der Waals surface area contributed by atoms with Crippen LogP contribution in [-0.2, 0) is 14.3 Å². The number of esters is 1. The Morgan fingerprint density at radius 2 is 1.88 bits per heavy atom. The highest BCUT2D eigenvalue weighted by molar-refractivity contribution is 5.83. The third-order valence-corrected chi connectivity index (χ3v) is 3.29. The van der Waals surface area contributed by atoms with Crippen LogP contribution >= 0.6 is 0 Å². The highest BCUT2D eigenvalue weighted by Gasteiger charge is 2.32. The Hall–Kier alpha value is -1.06. The van der Waals surface area contributed by atoms with E-state index in [1.807, 2.05) is 4.90 Å². The van der Waals surface area contributed by atoms with Crippen molar-refractivity contribution in [3.05, 3.63) is 0 Å². The second kappa shape index (κ2) is 6.03. The van der Waals surface area contributed by atoms with Gasteiger partial charge < -0.3 is 9.64 Å². The standard InChI is InChI=1S/C13H23NO3/c1-9(2)12-7-5-6-8-14(12)13(16)10(3)17-11(4)15/h9-10,12H,5-8H2,1-4H3/t10-,12+/m0/s1. The van der Waals surface area contributed by atoms with Gasteiger partial charge in [-0.05, 0) is 32.1 Å². The molecule has 2 atom stereocenters. The van der Waals surface area contributed by atoms with Crippen molar-refractivity contribution < 1.29 is 14.3 Å². The Balaban J connectivity index is 2.67. The number of hydrogen-bond donors (Lipinski definition) is 0. The molecule has 0 aliphatic carbocycles. The maximum Gasteiger partial charge on any atom is 0.303 e. The minimum absolute atomic E-state index is 0.0569. The average molecular weight is 241 g/mol. The predicted octanol–water partition coefficient (Wildman–Crippen LogP) is 1.98. The van der Waals surface area contributed by atoms with Crippen molar-refractivity contribution in [2.24, 2.45) is 5.92 Å². The van der Waals surface area contributed by atoms with Crippen molar-refractivity contribution in [2.75, 3.05) is 6.54 Å². The molecule has 0 spiro atoms. The molecule has 0 N–H and O–H groups in total. The van der Waals surface area contributed by atoms with Gasteiger partial charge in [-0.15, -0.1) is 0 Å². The predicted molar refractivity (Wildman–Crippen MR) is 65.4 cm³/mol. The van der Waals surface area contributed by atoms with Crippen LogP contribution in [0.2, 0.25) is 0 Å². The van der Waals surface area contributed by atoms with Gasteiger partial charge in [0.1, 0.15) is 0 Å². The van der Waals surface area contributed by atoms with E-state index < -0.39 is 12.1 Å². The second-order valence-corrected chi connectivity index (χ2v) is 5.09. The van der Waals surface area contributed by atoms with E-state index in [4.69, 9.17) is 4.74 Å². The maximum absolute atomic E-state index is 12.2. The van der Waals surface area contributed by atoms with Crippen LogP contribution in [0.3, 0.4) is 0 Å². The fourth-order valence-corrected chi connectivity index (χ4v) is 2.46. The van der Waals surface area contributed by atoms with E-state index in [9.17, 15) is 9.59 Å². The quantitative estimate of drug-likeness (QED) is 0.710. The first-order valence-corrected chi connectivity index (χ1v) is 6.41. The number of nitrogens with zero attached hydrogens (tertiary/aromatic N) is 1. The summed E-state index contributed by atoms with van der Waals surface area (Å²) >= 11 is 0. The molecule has 1 fully saturated rings. The number of rotatable bonds is 3. The molecule has 98 valence electrons. The Morgan fingerprint density at radius 3 is 2.41 bits per heavy atom. The number of carbonyl (C=O) groups is 2. The molecule has 1 aliphatic rings. The maximum atomic E-state index is 12.2. The van der Waals surface area contributed by atoms with Gasteiger partial charge in [0.05, 0.1) is 0 Å². The molecule has 0 unspecified atom stereocenters. The Labute approximate surface area is 103 Å². The first kappa shape index (κ1) is 14.0. The SMILES string of the molecule is CC(=O)O[C@@H](C)C(=O)N1CCCC[C@@H]1C(C)C. The molecule has 17 heavy (non-hydrogen) atoms. The van der Waals surface area contributed by atoms with Crippen LogP contribution < -0.4 is 0 Å². The zero-order chi connectivity index (χ0) is 13.0. The largest absolute Gasteiger partial charge is 0.453 e. The highest BCUT2D eigenvalue weighted by atomic mass is 16.5. The smallest absolute Gasteiger partial charge is 0.303 e. The molecule has 1 rings (SSSR count). The van der Waals surface area contributed by atoms with E-state index >= 15 is 0 Å².